The van der Waals surface area contributed by atoms with E-state index in [1.54, 1.807) is 46.2 Å². The number of benzene rings is 2. The average Bonchev–Trinajstić information content (AvgIpc) is 2.71. The highest BCUT2D eigenvalue weighted by molar-refractivity contribution is 5.95. The molecule has 3 rings (SSSR count). The van der Waals surface area contributed by atoms with Crippen molar-refractivity contribution in [2.24, 2.45) is 0 Å². The van der Waals surface area contributed by atoms with Crippen LogP contribution in [0.5, 0.6) is 5.75 Å². The first kappa shape index (κ1) is 20.3. The summed E-state index contributed by atoms with van der Waals surface area (Å²) >= 11 is 0. The molecule has 0 radical (unpaired) electrons. The Kier molecular flexibility index (Phi) is 5.77. The van der Waals surface area contributed by atoms with Gasteiger partial charge in [-0.15, -0.1) is 0 Å². The van der Waals surface area contributed by atoms with Gasteiger partial charge in [0.1, 0.15) is 17.6 Å². The first-order chi connectivity index (χ1) is 13.8. The van der Waals surface area contributed by atoms with Gasteiger partial charge in [0.25, 0.3) is 11.5 Å². The molecular weight excluding hydrogens is 373 g/mol. The van der Waals surface area contributed by atoms with E-state index in [2.05, 4.69) is 5.10 Å². The summed E-state index contributed by atoms with van der Waals surface area (Å²) in [5.41, 5.74) is 2.00. The number of carbonyl (C=O) groups excluding carboxylic acids is 1. The highest BCUT2D eigenvalue weighted by atomic mass is 19.1. The number of nitrogens with zero attached hydrogens (tertiary/aromatic N) is 3. The Bertz CT molecular complexity index is 1090. The number of likely N-dealkylation sites (N-methyl/N-ethyl adjacent to an activating group) is 1. The van der Waals surface area contributed by atoms with Gasteiger partial charge in [0.15, 0.2) is 0 Å². The predicted molar refractivity (Wildman–Crippen MR) is 110 cm³/mol. The maximum Gasteiger partial charge on any atom is 0.267 e. The Morgan fingerprint density at radius 3 is 2.62 bits per heavy atom. The molecule has 1 aromatic heterocycles. The zero-order valence-electron chi connectivity index (χ0n) is 16.7. The largest absolute Gasteiger partial charge is 0.497 e. The first-order valence-corrected chi connectivity index (χ1v) is 9.09. The number of amides is 1. The molecule has 29 heavy (non-hydrogen) atoms. The van der Waals surface area contributed by atoms with E-state index in [-0.39, 0.29) is 5.91 Å². The second-order valence-electron chi connectivity index (χ2n) is 6.79. The van der Waals surface area contributed by atoms with Crippen LogP contribution < -0.4 is 15.2 Å². The molecule has 7 heteroatoms. The number of aryl methyl sites for hydroxylation is 1. The fraction of sp³-hybridized carbons (Fsp3) is 0.227. The Labute approximate surface area is 168 Å². The smallest absolute Gasteiger partial charge is 0.267 e. The van der Waals surface area contributed by atoms with Crippen molar-refractivity contribution in [2.45, 2.75) is 19.9 Å². The van der Waals surface area contributed by atoms with Crippen LogP contribution in [0.15, 0.2) is 59.4 Å². The molecule has 0 fully saturated rings. The Morgan fingerprint density at radius 2 is 1.93 bits per heavy atom. The summed E-state index contributed by atoms with van der Waals surface area (Å²) in [6.07, 6.45) is 0. The van der Waals surface area contributed by atoms with Crippen LogP contribution in [0.4, 0.5) is 10.1 Å². The molecule has 0 aliphatic heterocycles. The minimum Gasteiger partial charge on any atom is -0.497 e. The summed E-state index contributed by atoms with van der Waals surface area (Å²) in [7, 11) is 3.11. The maximum absolute atomic E-state index is 13.7. The van der Waals surface area contributed by atoms with Gasteiger partial charge in [0.05, 0.1) is 12.8 Å². The minimum atomic E-state index is -0.873. The fourth-order valence-electron chi connectivity index (χ4n) is 3.06. The Balaban J connectivity index is 1.94. The molecule has 0 N–H and O–H groups in total. The summed E-state index contributed by atoms with van der Waals surface area (Å²) in [6.45, 7) is 3.34. The van der Waals surface area contributed by atoms with Crippen molar-refractivity contribution in [3.63, 3.8) is 0 Å². The van der Waals surface area contributed by atoms with E-state index in [0.717, 1.165) is 10.2 Å². The van der Waals surface area contributed by atoms with Crippen LogP contribution in [0.1, 0.15) is 18.5 Å². The Morgan fingerprint density at radius 1 is 1.17 bits per heavy atom. The van der Waals surface area contributed by atoms with Crippen molar-refractivity contribution >= 4 is 11.6 Å². The van der Waals surface area contributed by atoms with Gasteiger partial charge in [0.2, 0.25) is 0 Å². The van der Waals surface area contributed by atoms with Crippen LogP contribution in [0, 0.1) is 12.7 Å². The van der Waals surface area contributed by atoms with E-state index in [1.807, 2.05) is 18.2 Å². The molecule has 6 nitrogen and oxygen atoms in total. The molecule has 0 aliphatic rings. The summed E-state index contributed by atoms with van der Waals surface area (Å²) in [4.78, 5) is 26.7. The van der Waals surface area contributed by atoms with E-state index < -0.39 is 17.4 Å². The lowest BCUT2D eigenvalue weighted by Crippen LogP contribution is -2.38. The summed E-state index contributed by atoms with van der Waals surface area (Å²) in [5, 5.41) is 4.38. The van der Waals surface area contributed by atoms with Crippen molar-refractivity contribution in [3.8, 4) is 17.0 Å². The van der Waals surface area contributed by atoms with Crippen LogP contribution in [-0.2, 0) is 4.79 Å². The summed E-state index contributed by atoms with van der Waals surface area (Å²) in [6, 6.07) is 13.7. The number of hydrogen-bond donors (Lipinski definition) is 0. The molecule has 150 valence electrons. The van der Waals surface area contributed by atoms with E-state index in [4.69, 9.17) is 4.74 Å². The molecule has 2 aromatic carbocycles. The third-order valence-electron chi connectivity index (χ3n) is 4.66. The van der Waals surface area contributed by atoms with E-state index in [9.17, 15) is 14.0 Å². The third-order valence-corrected chi connectivity index (χ3v) is 4.66. The molecule has 1 heterocycles. The lowest BCUT2D eigenvalue weighted by atomic mass is 10.1. The molecule has 0 bridgehead atoms. The minimum absolute atomic E-state index is 0.382. The summed E-state index contributed by atoms with van der Waals surface area (Å²) < 4.78 is 20.1. The number of methoxy groups -OCH3 is 1. The van der Waals surface area contributed by atoms with Crippen molar-refractivity contribution in [2.75, 3.05) is 19.1 Å². The van der Waals surface area contributed by atoms with Gasteiger partial charge in [0, 0.05) is 24.4 Å². The van der Waals surface area contributed by atoms with Crippen molar-refractivity contribution in [3.05, 3.63) is 76.3 Å². The molecule has 0 aliphatic carbocycles. The SMILES string of the molecule is COc1cccc(-c2ccc(=O)n(C(C)C(=O)N(C)c3cc(C)cc(F)c3)n2)c1. The fourth-order valence-corrected chi connectivity index (χ4v) is 3.06. The number of halogens is 1. The molecule has 1 amide bonds. The van der Waals surface area contributed by atoms with Gasteiger partial charge in [-0.05, 0) is 55.8 Å². The van der Waals surface area contributed by atoms with E-state index in [0.29, 0.717) is 22.7 Å². The lowest BCUT2D eigenvalue weighted by Gasteiger charge is -2.23. The molecule has 0 saturated heterocycles. The van der Waals surface area contributed by atoms with Gasteiger partial charge in [-0.1, -0.05) is 12.1 Å². The predicted octanol–water partition coefficient (Wildman–Crippen LogP) is 3.59. The van der Waals surface area contributed by atoms with Gasteiger partial charge in [-0.25, -0.2) is 9.07 Å². The van der Waals surface area contributed by atoms with Crippen LogP contribution >= 0.6 is 0 Å². The monoisotopic (exact) mass is 395 g/mol. The highest BCUT2D eigenvalue weighted by Gasteiger charge is 2.23. The topological polar surface area (TPSA) is 64.4 Å². The highest BCUT2D eigenvalue weighted by Crippen LogP contribution is 2.23. The lowest BCUT2D eigenvalue weighted by molar-refractivity contribution is -0.121. The van der Waals surface area contributed by atoms with Gasteiger partial charge in [-0.2, -0.15) is 5.10 Å². The summed E-state index contributed by atoms with van der Waals surface area (Å²) in [5.74, 6) is -0.151. The van der Waals surface area contributed by atoms with Gasteiger partial charge >= 0.3 is 0 Å². The van der Waals surface area contributed by atoms with Crippen molar-refractivity contribution in [1.29, 1.82) is 0 Å². The maximum atomic E-state index is 13.7. The average molecular weight is 395 g/mol. The van der Waals surface area contributed by atoms with Crippen molar-refractivity contribution in [1.82, 2.24) is 9.78 Å². The van der Waals surface area contributed by atoms with Crippen molar-refractivity contribution < 1.29 is 13.9 Å². The zero-order valence-corrected chi connectivity index (χ0v) is 16.7. The van der Waals surface area contributed by atoms with Gasteiger partial charge in [-0.3, -0.25) is 9.59 Å². The number of aromatic nitrogens is 2. The third kappa shape index (κ3) is 4.34. The second kappa shape index (κ2) is 8.26. The standard InChI is InChI=1S/C22H22FN3O3/c1-14-10-17(23)13-18(11-14)25(3)22(28)15(2)26-21(27)9-8-20(24-26)16-6-5-7-19(12-16)29-4/h5-13,15H,1-4H3. The quantitative estimate of drug-likeness (QED) is 0.662. The number of carbonyl (C=O) groups is 1. The first-order valence-electron chi connectivity index (χ1n) is 9.09. The molecular formula is C22H22FN3O3. The van der Waals surface area contributed by atoms with Crippen LogP contribution in [-0.4, -0.2) is 29.8 Å². The molecule has 1 atom stereocenters. The zero-order chi connectivity index (χ0) is 21.1. The van der Waals surface area contributed by atoms with E-state index in [1.165, 1.54) is 23.1 Å². The molecule has 0 spiro atoms. The number of anilines is 1. The van der Waals surface area contributed by atoms with Crippen LogP contribution in [0.2, 0.25) is 0 Å². The number of hydrogen-bond acceptors (Lipinski definition) is 4. The Hall–Kier alpha value is -3.48. The van der Waals surface area contributed by atoms with Gasteiger partial charge < -0.3 is 9.64 Å². The molecule has 3 aromatic rings. The molecule has 0 saturated carbocycles. The normalized spacial score (nSPS) is 11.8. The van der Waals surface area contributed by atoms with E-state index >= 15 is 0 Å². The van der Waals surface area contributed by atoms with Crippen LogP contribution in [0.3, 0.4) is 0 Å². The second-order valence-corrected chi connectivity index (χ2v) is 6.79. The number of ether oxygens (including phenoxy) is 1. The molecule has 1 unspecified atom stereocenters. The number of rotatable bonds is 5. The van der Waals surface area contributed by atoms with Crippen LogP contribution in [0.25, 0.3) is 11.3 Å².